The summed E-state index contributed by atoms with van der Waals surface area (Å²) in [6.07, 6.45) is 2.12. The molecule has 2 unspecified atom stereocenters. The van der Waals surface area contributed by atoms with Gasteiger partial charge in [-0.25, -0.2) is 4.68 Å². The zero-order valence-electron chi connectivity index (χ0n) is 14.3. The number of nitrogens with zero attached hydrogens (tertiary/aromatic N) is 3. The van der Waals surface area contributed by atoms with Crippen molar-refractivity contribution < 1.29 is 19.4 Å². The van der Waals surface area contributed by atoms with E-state index in [0.29, 0.717) is 25.3 Å². The third kappa shape index (κ3) is 3.35. The third-order valence-corrected chi connectivity index (χ3v) is 4.63. The summed E-state index contributed by atoms with van der Waals surface area (Å²) in [6, 6.07) is 9.47. The first kappa shape index (κ1) is 17.0. The molecule has 0 radical (unpaired) electrons. The number of benzene rings is 1. The number of carboxylic acids is 1. The number of hydrogen-bond acceptors (Lipinski definition) is 4. The van der Waals surface area contributed by atoms with Gasteiger partial charge in [0, 0.05) is 13.1 Å². The molecule has 1 amide bonds. The number of methoxy groups -OCH3 is 1. The number of piperidine rings is 1. The predicted octanol–water partition coefficient (Wildman–Crippen LogP) is 2.06. The number of carbonyl (C=O) groups is 2. The molecular weight excluding hydrogens is 322 g/mol. The van der Waals surface area contributed by atoms with Crippen LogP contribution in [0, 0.1) is 11.8 Å². The van der Waals surface area contributed by atoms with E-state index in [1.54, 1.807) is 15.8 Å². The Morgan fingerprint density at radius 2 is 2.00 bits per heavy atom. The minimum Gasteiger partial charge on any atom is -0.493 e. The van der Waals surface area contributed by atoms with E-state index < -0.39 is 11.9 Å². The maximum absolute atomic E-state index is 12.9. The number of ether oxygens (including phenoxy) is 1. The fourth-order valence-corrected chi connectivity index (χ4v) is 3.22. The zero-order chi connectivity index (χ0) is 18.0. The molecule has 1 aliphatic rings. The van der Waals surface area contributed by atoms with Crippen molar-refractivity contribution in [1.29, 1.82) is 0 Å². The summed E-state index contributed by atoms with van der Waals surface area (Å²) >= 11 is 0. The lowest BCUT2D eigenvalue weighted by Gasteiger charge is -2.34. The monoisotopic (exact) mass is 343 g/mol. The Bertz CT molecular complexity index is 772. The maximum Gasteiger partial charge on any atom is 0.306 e. The summed E-state index contributed by atoms with van der Waals surface area (Å²) in [4.78, 5) is 25.8. The number of hydrogen-bond donors (Lipinski definition) is 1. The van der Waals surface area contributed by atoms with Crippen LogP contribution in [-0.2, 0) is 4.79 Å². The second-order valence-electron chi connectivity index (χ2n) is 6.29. The topological polar surface area (TPSA) is 84.7 Å². The highest BCUT2D eigenvalue weighted by Gasteiger charge is 2.35. The minimum absolute atomic E-state index is 0.0996. The highest BCUT2D eigenvalue weighted by molar-refractivity contribution is 5.95. The van der Waals surface area contributed by atoms with E-state index in [0.717, 1.165) is 5.69 Å². The molecule has 0 bridgehead atoms. The Balaban J connectivity index is 1.83. The van der Waals surface area contributed by atoms with Crippen LogP contribution in [0.4, 0.5) is 0 Å². The Hall–Kier alpha value is -2.83. The molecule has 0 aliphatic carbocycles. The van der Waals surface area contributed by atoms with Gasteiger partial charge in [0.1, 0.15) is 0 Å². The van der Waals surface area contributed by atoms with E-state index in [1.165, 1.54) is 7.11 Å². The molecule has 1 saturated heterocycles. The summed E-state index contributed by atoms with van der Waals surface area (Å²) in [6.45, 7) is 2.66. The van der Waals surface area contributed by atoms with Gasteiger partial charge in [-0.1, -0.05) is 25.1 Å². The average molecular weight is 343 g/mol. The molecule has 1 aliphatic heterocycles. The van der Waals surface area contributed by atoms with Gasteiger partial charge in [-0.15, -0.1) is 0 Å². The number of aliphatic carboxylic acids is 1. The van der Waals surface area contributed by atoms with Crippen LogP contribution in [0.25, 0.3) is 5.69 Å². The Kier molecular flexibility index (Phi) is 4.74. The van der Waals surface area contributed by atoms with Crippen LogP contribution in [0.15, 0.2) is 36.5 Å². The molecule has 3 rings (SSSR count). The first-order valence-corrected chi connectivity index (χ1v) is 8.22. The Morgan fingerprint density at radius 1 is 1.28 bits per heavy atom. The Morgan fingerprint density at radius 3 is 2.60 bits per heavy atom. The molecule has 132 valence electrons. The summed E-state index contributed by atoms with van der Waals surface area (Å²) in [5.41, 5.74) is 1.07. The quantitative estimate of drug-likeness (QED) is 0.918. The first-order chi connectivity index (χ1) is 12.0. The second kappa shape index (κ2) is 6.96. The molecular formula is C18H21N3O4. The lowest BCUT2D eigenvalue weighted by atomic mass is 9.87. The minimum atomic E-state index is -0.800. The summed E-state index contributed by atoms with van der Waals surface area (Å²) < 4.78 is 6.93. The van der Waals surface area contributed by atoms with Crippen molar-refractivity contribution >= 4 is 11.9 Å². The van der Waals surface area contributed by atoms with Crippen LogP contribution in [0.5, 0.6) is 5.75 Å². The second-order valence-corrected chi connectivity index (χ2v) is 6.29. The van der Waals surface area contributed by atoms with Crippen LogP contribution < -0.4 is 4.74 Å². The lowest BCUT2D eigenvalue weighted by molar-refractivity contribution is -0.145. The van der Waals surface area contributed by atoms with Crippen molar-refractivity contribution in [2.75, 3.05) is 20.2 Å². The standard InChI is InChI=1S/C18H21N3O4/c1-12-10-20(9-8-14(12)18(23)24)17(22)16-15(25-2)11-21(19-16)13-6-4-3-5-7-13/h3-7,11-12,14H,8-10H2,1-2H3,(H,23,24). The number of carbonyl (C=O) groups excluding carboxylic acids is 1. The van der Waals surface area contributed by atoms with Crippen molar-refractivity contribution in [3.05, 3.63) is 42.2 Å². The van der Waals surface area contributed by atoms with Gasteiger partial charge in [-0.3, -0.25) is 9.59 Å². The van der Waals surface area contributed by atoms with Crippen LogP contribution in [0.3, 0.4) is 0 Å². The van der Waals surface area contributed by atoms with E-state index in [9.17, 15) is 14.7 Å². The highest BCUT2D eigenvalue weighted by Crippen LogP contribution is 2.27. The lowest BCUT2D eigenvalue weighted by Crippen LogP contribution is -2.45. The van der Waals surface area contributed by atoms with Gasteiger partial charge in [-0.05, 0) is 24.5 Å². The van der Waals surface area contributed by atoms with E-state index in [1.807, 2.05) is 37.3 Å². The zero-order valence-corrected chi connectivity index (χ0v) is 14.3. The normalized spacial score (nSPS) is 20.3. The molecule has 2 aromatic rings. The molecule has 1 aromatic heterocycles. The van der Waals surface area contributed by atoms with Crippen molar-refractivity contribution in [3.63, 3.8) is 0 Å². The number of carboxylic acid groups (broad SMARTS) is 1. The van der Waals surface area contributed by atoms with Gasteiger partial charge in [0.2, 0.25) is 0 Å². The summed E-state index contributed by atoms with van der Waals surface area (Å²) in [7, 11) is 1.50. The van der Waals surface area contributed by atoms with Crippen molar-refractivity contribution in [1.82, 2.24) is 14.7 Å². The molecule has 7 heteroatoms. The van der Waals surface area contributed by atoms with Gasteiger partial charge in [-0.2, -0.15) is 5.10 Å². The molecule has 2 atom stereocenters. The largest absolute Gasteiger partial charge is 0.493 e. The smallest absolute Gasteiger partial charge is 0.306 e. The molecule has 25 heavy (non-hydrogen) atoms. The number of aromatic nitrogens is 2. The van der Waals surface area contributed by atoms with Gasteiger partial charge >= 0.3 is 5.97 Å². The summed E-state index contributed by atoms with van der Waals surface area (Å²) in [5.74, 6) is -1.14. The van der Waals surface area contributed by atoms with Gasteiger partial charge < -0.3 is 14.7 Å². The molecule has 2 heterocycles. The third-order valence-electron chi connectivity index (χ3n) is 4.63. The molecule has 0 saturated carbocycles. The van der Waals surface area contributed by atoms with E-state index in [2.05, 4.69) is 5.10 Å². The van der Waals surface area contributed by atoms with E-state index >= 15 is 0 Å². The van der Waals surface area contributed by atoms with Gasteiger partial charge in [0.25, 0.3) is 5.91 Å². The highest BCUT2D eigenvalue weighted by atomic mass is 16.5. The van der Waals surface area contributed by atoms with Crippen LogP contribution in [0.1, 0.15) is 23.8 Å². The van der Waals surface area contributed by atoms with Crippen molar-refractivity contribution in [2.45, 2.75) is 13.3 Å². The van der Waals surface area contributed by atoms with E-state index in [4.69, 9.17) is 4.74 Å². The fourth-order valence-electron chi connectivity index (χ4n) is 3.22. The van der Waals surface area contributed by atoms with Crippen molar-refractivity contribution in [3.8, 4) is 11.4 Å². The van der Waals surface area contributed by atoms with E-state index in [-0.39, 0.29) is 17.5 Å². The van der Waals surface area contributed by atoms with Gasteiger partial charge in [0.05, 0.1) is 24.9 Å². The number of para-hydroxylation sites is 1. The molecule has 1 aromatic carbocycles. The molecule has 7 nitrogen and oxygen atoms in total. The average Bonchev–Trinajstić information content (AvgIpc) is 3.05. The van der Waals surface area contributed by atoms with Crippen LogP contribution in [0.2, 0.25) is 0 Å². The fraction of sp³-hybridized carbons (Fsp3) is 0.389. The van der Waals surface area contributed by atoms with Crippen LogP contribution in [-0.4, -0.2) is 51.9 Å². The van der Waals surface area contributed by atoms with Crippen molar-refractivity contribution in [2.24, 2.45) is 11.8 Å². The number of amides is 1. The maximum atomic E-state index is 12.9. The molecule has 1 N–H and O–H groups in total. The predicted molar refractivity (Wildman–Crippen MR) is 90.9 cm³/mol. The Labute approximate surface area is 145 Å². The van der Waals surface area contributed by atoms with Gasteiger partial charge in [0.15, 0.2) is 11.4 Å². The first-order valence-electron chi connectivity index (χ1n) is 8.22. The molecule has 1 fully saturated rings. The SMILES string of the molecule is COc1cn(-c2ccccc2)nc1C(=O)N1CCC(C(=O)O)C(C)C1. The summed E-state index contributed by atoms with van der Waals surface area (Å²) in [5, 5.41) is 13.6. The number of rotatable bonds is 4. The van der Waals surface area contributed by atoms with Crippen LogP contribution >= 0.6 is 0 Å². The number of likely N-dealkylation sites (tertiary alicyclic amines) is 1. The molecule has 0 spiro atoms.